The lowest BCUT2D eigenvalue weighted by molar-refractivity contribution is 0.0526. The molecule has 1 aromatic heterocycles. The molecule has 6 heteroatoms. The third-order valence-electron chi connectivity index (χ3n) is 2.01. The first-order valence-electron chi connectivity index (χ1n) is 5.71. The van der Waals surface area contributed by atoms with Crippen molar-refractivity contribution in [2.45, 2.75) is 20.3 Å². The molecule has 0 atom stereocenters. The third kappa shape index (κ3) is 4.29. The fourth-order valence-electron chi connectivity index (χ4n) is 1.19. The molecule has 18 heavy (non-hydrogen) atoms. The van der Waals surface area contributed by atoms with E-state index in [0.717, 1.165) is 17.8 Å². The minimum atomic E-state index is -0.490. The van der Waals surface area contributed by atoms with Crippen LogP contribution in [0.1, 0.15) is 39.7 Å². The zero-order chi connectivity index (χ0) is 13.4. The lowest BCUT2D eigenvalue weighted by Gasteiger charge is -1.99. The van der Waals surface area contributed by atoms with Gasteiger partial charge in [-0.1, -0.05) is 12.2 Å². The van der Waals surface area contributed by atoms with Crippen molar-refractivity contribution in [2.75, 3.05) is 13.2 Å². The van der Waals surface area contributed by atoms with Gasteiger partial charge in [-0.25, -0.2) is 9.78 Å². The van der Waals surface area contributed by atoms with Gasteiger partial charge in [-0.05, 0) is 20.3 Å². The number of esters is 1. The average molecular weight is 268 g/mol. The first-order valence-corrected chi connectivity index (χ1v) is 6.53. The van der Waals surface area contributed by atoms with E-state index in [1.54, 1.807) is 6.92 Å². The van der Waals surface area contributed by atoms with Crippen molar-refractivity contribution in [2.24, 2.45) is 0 Å². The van der Waals surface area contributed by atoms with Gasteiger partial charge in [0.1, 0.15) is 4.88 Å². The fourth-order valence-corrected chi connectivity index (χ4v) is 1.92. The van der Waals surface area contributed by atoms with Crippen LogP contribution < -0.4 is 5.32 Å². The maximum absolute atomic E-state index is 11.7. The van der Waals surface area contributed by atoms with Gasteiger partial charge in [0.05, 0.1) is 12.8 Å². The monoisotopic (exact) mass is 268 g/mol. The summed E-state index contributed by atoms with van der Waals surface area (Å²) in [4.78, 5) is 27.3. The number of ether oxygens (including phenoxy) is 1. The van der Waals surface area contributed by atoms with Crippen LogP contribution in [0.3, 0.4) is 0 Å². The summed E-state index contributed by atoms with van der Waals surface area (Å²) >= 11 is 1.04. The molecule has 1 amide bonds. The van der Waals surface area contributed by atoms with Crippen LogP contribution in [0.25, 0.3) is 0 Å². The minimum absolute atomic E-state index is 0.204. The summed E-state index contributed by atoms with van der Waals surface area (Å²) in [6.45, 7) is 4.51. The molecular weight excluding hydrogens is 252 g/mol. The average Bonchev–Trinajstić information content (AvgIpc) is 2.84. The summed E-state index contributed by atoms with van der Waals surface area (Å²) in [5.74, 6) is -0.706. The number of nitrogens with zero attached hydrogens (tertiary/aromatic N) is 1. The maximum atomic E-state index is 11.7. The Morgan fingerprint density at radius 1 is 1.56 bits per heavy atom. The van der Waals surface area contributed by atoms with Gasteiger partial charge in [0.2, 0.25) is 5.01 Å². The van der Waals surface area contributed by atoms with Crippen LogP contribution in [0.5, 0.6) is 0 Å². The van der Waals surface area contributed by atoms with E-state index in [-0.39, 0.29) is 10.9 Å². The Labute approximate surface area is 110 Å². The van der Waals surface area contributed by atoms with Crippen LogP contribution in [-0.2, 0) is 4.74 Å². The van der Waals surface area contributed by atoms with E-state index in [4.69, 9.17) is 4.74 Å². The summed E-state index contributed by atoms with van der Waals surface area (Å²) < 4.78 is 4.80. The van der Waals surface area contributed by atoms with E-state index < -0.39 is 5.97 Å². The zero-order valence-corrected chi connectivity index (χ0v) is 11.3. The molecule has 0 aliphatic heterocycles. The van der Waals surface area contributed by atoms with Crippen LogP contribution in [0.15, 0.2) is 18.3 Å². The topological polar surface area (TPSA) is 68.3 Å². The van der Waals surface area contributed by atoms with E-state index in [0.29, 0.717) is 18.0 Å². The molecule has 0 radical (unpaired) electrons. The van der Waals surface area contributed by atoms with Crippen molar-refractivity contribution < 1.29 is 14.3 Å². The Kier molecular flexibility index (Phi) is 6.07. The normalized spacial score (nSPS) is 10.6. The number of thiazole rings is 1. The number of rotatable bonds is 6. The first-order chi connectivity index (χ1) is 8.69. The number of carbonyl (C=O) groups excluding carboxylic acids is 2. The van der Waals surface area contributed by atoms with Gasteiger partial charge >= 0.3 is 5.97 Å². The maximum Gasteiger partial charge on any atom is 0.367 e. The van der Waals surface area contributed by atoms with E-state index >= 15 is 0 Å². The number of allylic oxidation sites excluding steroid dienone is 1. The van der Waals surface area contributed by atoms with E-state index in [9.17, 15) is 9.59 Å². The largest absolute Gasteiger partial charge is 0.461 e. The molecule has 0 unspecified atom stereocenters. The SMILES string of the molecule is C/C=C/CCNC(=O)c1cnc(C(=O)OCC)s1. The molecule has 0 aliphatic carbocycles. The third-order valence-corrected chi connectivity index (χ3v) is 2.99. The molecule has 0 spiro atoms. The highest BCUT2D eigenvalue weighted by Gasteiger charge is 2.15. The quantitative estimate of drug-likeness (QED) is 0.487. The second-order valence-corrected chi connectivity index (χ2v) is 4.39. The summed E-state index contributed by atoms with van der Waals surface area (Å²) in [6, 6.07) is 0. The van der Waals surface area contributed by atoms with Crippen LogP contribution in [0.2, 0.25) is 0 Å². The van der Waals surface area contributed by atoms with E-state index in [2.05, 4.69) is 10.3 Å². The predicted octanol–water partition coefficient (Wildman–Crippen LogP) is 2.02. The number of amides is 1. The predicted molar refractivity (Wildman–Crippen MR) is 69.8 cm³/mol. The van der Waals surface area contributed by atoms with E-state index in [1.165, 1.54) is 6.20 Å². The van der Waals surface area contributed by atoms with Crippen molar-refractivity contribution in [1.82, 2.24) is 10.3 Å². The van der Waals surface area contributed by atoms with Gasteiger partial charge < -0.3 is 10.1 Å². The van der Waals surface area contributed by atoms with Crippen LogP contribution >= 0.6 is 11.3 Å². The van der Waals surface area contributed by atoms with Gasteiger partial charge in [0, 0.05) is 6.54 Å². The van der Waals surface area contributed by atoms with Gasteiger partial charge in [0.25, 0.3) is 5.91 Å². The smallest absolute Gasteiger partial charge is 0.367 e. The van der Waals surface area contributed by atoms with E-state index in [1.807, 2.05) is 19.1 Å². The summed E-state index contributed by atoms with van der Waals surface area (Å²) in [6.07, 6.45) is 6.07. The second-order valence-electron chi connectivity index (χ2n) is 3.36. The van der Waals surface area contributed by atoms with Gasteiger partial charge in [0.15, 0.2) is 0 Å². The molecule has 0 saturated heterocycles. The number of hydrogen-bond donors (Lipinski definition) is 1. The number of carbonyl (C=O) groups is 2. The molecular formula is C12H16N2O3S. The summed E-state index contributed by atoms with van der Waals surface area (Å²) in [5.41, 5.74) is 0. The van der Waals surface area contributed by atoms with Gasteiger partial charge in [-0.2, -0.15) is 0 Å². The molecule has 0 aromatic carbocycles. The second kappa shape index (κ2) is 7.60. The van der Waals surface area contributed by atoms with Crippen molar-refractivity contribution in [3.8, 4) is 0 Å². The summed E-state index contributed by atoms with van der Waals surface area (Å²) in [7, 11) is 0. The molecule has 0 aliphatic rings. The zero-order valence-electron chi connectivity index (χ0n) is 10.4. The molecule has 0 bridgehead atoms. The molecule has 1 N–H and O–H groups in total. The Hall–Kier alpha value is -1.69. The number of nitrogens with one attached hydrogen (secondary N) is 1. The van der Waals surface area contributed by atoms with Crippen molar-refractivity contribution in [3.63, 3.8) is 0 Å². The Morgan fingerprint density at radius 2 is 2.33 bits per heavy atom. The van der Waals surface area contributed by atoms with Crippen LogP contribution in [-0.4, -0.2) is 30.0 Å². The molecule has 5 nitrogen and oxygen atoms in total. The molecule has 0 fully saturated rings. The van der Waals surface area contributed by atoms with Crippen molar-refractivity contribution >= 4 is 23.2 Å². The first kappa shape index (κ1) is 14.4. The Bertz CT molecular complexity index is 440. The van der Waals surface area contributed by atoms with Crippen molar-refractivity contribution in [3.05, 3.63) is 28.2 Å². The highest BCUT2D eigenvalue weighted by Crippen LogP contribution is 2.13. The fraction of sp³-hybridized carbons (Fsp3) is 0.417. The lowest BCUT2D eigenvalue weighted by atomic mass is 10.4. The standard InChI is InChI=1S/C12H16N2O3S/c1-3-5-6-7-13-10(15)9-8-14-11(18-9)12(16)17-4-2/h3,5,8H,4,6-7H2,1-2H3,(H,13,15)/b5-3+. The highest BCUT2D eigenvalue weighted by molar-refractivity contribution is 7.15. The molecule has 1 rings (SSSR count). The Morgan fingerprint density at radius 3 is 3.00 bits per heavy atom. The molecule has 98 valence electrons. The number of hydrogen-bond acceptors (Lipinski definition) is 5. The molecule has 0 saturated carbocycles. The summed E-state index contributed by atoms with van der Waals surface area (Å²) in [5, 5.41) is 2.95. The van der Waals surface area contributed by atoms with Crippen molar-refractivity contribution in [1.29, 1.82) is 0 Å². The number of aromatic nitrogens is 1. The molecule has 1 aromatic rings. The van der Waals surface area contributed by atoms with Gasteiger partial charge in [-0.15, -0.1) is 11.3 Å². The Balaban J connectivity index is 2.51. The van der Waals surface area contributed by atoms with Gasteiger partial charge in [-0.3, -0.25) is 4.79 Å². The van der Waals surface area contributed by atoms with Crippen LogP contribution in [0, 0.1) is 0 Å². The molecule has 1 heterocycles. The minimum Gasteiger partial charge on any atom is -0.461 e. The lowest BCUT2D eigenvalue weighted by Crippen LogP contribution is -2.23. The van der Waals surface area contributed by atoms with Crippen LogP contribution in [0.4, 0.5) is 0 Å². The highest BCUT2D eigenvalue weighted by atomic mass is 32.1.